The molecule has 1 atom stereocenters. The molecule has 1 aliphatic rings. The molecule has 0 saturated carbocycles. The highest BCUT2D eigenvalue weighted by Gasteiger charge is 2.30. The van der Waals surface area contributed by atoms with Gasteiger partial charge in [0.25, 0.3) is 0 Å². The number of carbonyl (C=O) groups is 1. The zero-order valence-electron chi connectivity index (χ0n) is 6.80. The van der Waals surface area contributed by atoms with Crippen LogP contribution in [0.1, 0.15) is 17.3 Å². The molecule has 4 heteroatoms. The van der Waals surface area contributed by atoms with Gasteiger partial charge >= 0.3 is 0 Å². The molecule has 68 valence electrons. The quantitative estimate of drug-likeness (QED) is 0.667. The molecule has 1 aromatic carbocycles. The highest BCUT2D eigenvalue weighted by molar-refractivity contribution is 6.36. The molecule has 0 aromatic heterocycles. The third-order valence-corrected chi connectivity index (χ3v) is 2.44. The smallest absolute Gasteiger partial charge is 0.206 e. The number of hydrogen-bond acceptors (Lipinski definition) is 2. The predicted octanol–water partition coefficient (Wildman–Crippen LogP) is 2.96. The van der Waals surface area contributed by atoms with Crippen molar-refractivity contribution in [3.05, 3.63) is 27.7 Å². The Morgan fingerprint density at radius 3 is 2.77 bits per heavy atom. The summed E-state index contributed by atoms with van der Waals surface area (Å²) in [6.07, 6.45) is -0.453. The first-order chi connectivity index (χ1) is 6.09. The lowest BCUT2D eigenvalue weighted by Crippen LogP contribution is -2.14. The van der Waals surface area contributed by atoms with Gasteiger partial charge in [-0.05, 0) is 19.1 Å². The van der Waals surface area contributed by atoms with Gasteiger partial charge in [-0.1, -0.05) is 23.2 Å². The molecule has 13 heavy (non-hydrogen) atoms. The molecule has 0 amide bonds. The summed E-state index contributed by atoms with van der Waals surface area (Å²) in [6.45, 7) is 1.69. The normalized spacial score (nSPS) is 19.9. The van der Waals surface area contributed by atoms with Gasteiger partial charge in [0.1, 0.15) is 5.75 Å². The Morgan fingerprint density at radius 2 is 2.08 bits per heavy atom. The molecule has 1 heterocycles. The molecule has 0 N–H and O–H groups in total. The van der Waals surface area contributed by atoms with Crippen LogP contribution in [0.15, 0.2) is 12.1 Å². The number of fused-ring (bicyclic) bond motifs is 1. The fraction of sp³-hybridized carbons (Fsp3) is 0.222. The van der Waals surface area contributed by atoms with Crippen molar-refractivity contribution in [1.29, 1.82) is 0 Å². The van der Waals surface area contributed by atoms with Crippen LogP contribution in [0.25, 0.3) is 0 Å². The Morgan fingerprint density at radius 1 is 1.38 bits per heavy atom. The first-order valence-electron chi connectivity index (χ1n) is 3.79. The molecule has 0 aliphatic carbocycles. The largest absolute Gasteiger partial charge is 0.480 e. The van der Waals surface area contributed by atoms with Gasteiger partial charge in [-0.15, -0.1) is 0 Å². The minimum absolute atomic E-state index is 0.0700. The van der Waals surface area contributed by atoms with Crippen LogP contribution in [0.5, 0.6) is 5.75 Å². The number of rotatable bonds is 0. The zero-order valence-corrected chi connectivity index (χ0v) is 8.32. The van der Waals surface area contributed by atoms with E-state index in [4.69, 9.17) is 27.9 Å². The molecule has 0 fully saturated rings. The molecule has 2 rings (SSSR count). The fourth-order valence-corrected chi connectivity index (χ4v) is 1.85. The monoisotopic (exact) mass is 216 g/mol. The minimum atomic E-state index is -0.453. The van der Waals surface area contributed by atoms with E-state index in [1.54, 1.807) is 19.1 Å². The average Bonchev–Trinajstić information content (AvgIpc) is 2.32. The molecular weight excluding hydrogens is 211 g/mol. The van der Waals surface area contributed by atoms with Crippen molar-refractivity contribution in [2.75, 3.05) is 0 Å². The van der Waals surface area contributed by atoms with Gasteiger partial charge in [0.2, 0.25) is 5.78 Å². The maximum Gasteiger partial charge on any atom is 0.206 e. The number of Topliss-reactive ketones (excluding diaryl/α,β-unsaturated/α-hetero) is 1. The SMILES string of the molecule is CC1Oc2c(Cl)cc(Cl)cc2C1=O. The molecule has 0 radical (unpaired) electrons. The molecule has 2 nitrogen and oxygen atoms in total. The first-order valence-corrected chi connectivity index (χ1v) is 4.55. The Labute approximate surface area is 85.4 Å². The predicted molar refractivity (Wildman–Crippen MR) is 50.9 cm³/mol. The van der Waals surface area contributed by atoms with Gasteiger partial charge < -0.3 is 4.74 Å². The number of ether oxygens (including phenoxy) is 1. The van der Waals surface area contributed by atoms with Crippen molar-refractivity contribution in [3.8, 4) is 5.75 Å². The Kier molecular flexibility index (Phi) is 1.97. The van der Waals surface area contributed by atoms with Gasteiger partial charge in [0, 0.05) is 5.02 Å². The van der Waals surface area contributed by atoms with E-state index >= 15 is 0 Å². The van der Waals surface area contributed by atoms with Crippen molar-refractivity contribution in [2.24, 2.45) is 0 Å². The third-order valence-electron chi connectivity index (χ3n) is 1.94. The van der Waals surface area contributed by atoms with E-state index in [1.807, 2.05) is 0 Å². The van der Waals surface area contributed by atoms with Crippen molar-refractivity contribution >= 4 is 29.0 Å². The van der Waals surface area contributed by atoms with Crippen LogP contribution in [-0.4, -0.2) is 11.9 Å². The van der Waals surface area contributed by atoms with Crippen LogP contribution in [0.2, 0.25) is 10.0 Å². The molecule has 0 bridgehead atoms. The topological polar surface area (TPSA) is 26.3 Å². The molecule has 1 aromatic rings. The molecule has 0 spiro atoms. The number of halogens is 2. The van der Waals surface area contributed by atoms with E-state index in [0.29, 0.717) is 21.4 Å². The maximum absolute atomic E-state index is 11.5. The van der Waals surface area contributed by atoms with E-state index < -0.39 is 6.10 Å². The second kappa shape index (κ2) is 2.89. The summed E-state index contributed by atoms with van der Waals surface area (Å²) in [6, 6.07) is 3.14. The fourth-order valence-electron chi connectivity index (χ4n) is 1.31. The van der Waals surface area contributed by atoms with Crippen LogP contribution in [-0.2, 0) is 0 Å². The second-order valence-corrected chi connectivity index (χ2v) is 3.73. The van der Waals surface area contributed by atoms with E-state index in [0.717, 1.165) is 0 Å². The van der Waals surface area contributed by atoms with E-state index in [-0.39, 0.29) is 5.78 Å². The lowest BCUT2D eigenvalue weighted by molar-refractivity contribution is 0.0878. The Hall–Kier alpha value is -0.730. The molecular formula is C9H6Cl2O2. The van der Waals surface area contributed by atoms with Gasteiger partial charge in [0.05, 0.1) is 10.6 Å². The van der Waals surface area contributed by atoms with Gasteiger partial charge in [-0.2, -0.15) is 0 Å². The van der Waals surface area contributed by atoms with Crippen LogP contribution >= 0.6 is 23.2 Å². The maximum atomic E-state index is 11.5. The summed E-state index contributed by atoms with van der Waals surface area (Å²) < 4.78 is 5.26. The van der Waals surface area contributed by atoms with Gasteiger partial charge in [-0.25, -0.2) is 0 Å². The summed E-state index contributed by atoms with van der Waals surface area (Å²) in [5.74, 6) is 0.378. The minimum Gasteiger partial charge on any atom is -0.480 e. The number of ketones is 1. The Bertz CT molecular complexity index is 387. The van der Waals surface area contributed by atoms with Crippen molar-refractivity contribution in [2.45, 2.75) is 13.0 Å². The Balaban J connectivity index is 2.64. The lowest BCUT2D eigenvalue weighted by atomic mass is 10.1. The summed E-state index contributed by atoms with van der Waals surface area (Å²) >= 11 is 11.6. The lowest BCUT2D eigenvalue weighted by Gasteiger charge is -2.02. The standard InChI is InChI=1S/C9H6Cl2O2/c1-4-8(12)6-2-5(10)3-7(11)9(6)13-4/h2-4H,1H3. The summed E-state index contributed by atoms with van der Waals surface area (Å²) in [5, 5.41) is 0.843. The van der Waals surface area contributed by atoms with E-state index in [9.17, 15) is 4.79 Å². The highest BCUT2D eigenvalue weighted by atomic mass is 35.5. The second-order valence-electron chi connectivity index (χ2n) is 2.89. The summed E-state index contributed by atoms with van der Waals surface area (Å²) in [4.78, 5) is 11.5. The van der Waals surface area contributed by atoms with E-state index in [2.05, 4.69) is 0 Å². The first kappa shape index (κ1) is 8.85. The van der Waals surface area contributed by atoms with E-state index in [1.165, 1.54) is 0 Å². The van der Waals surface area contributed by atoms with Gasteiger partial charge in [0.15, 0.2) is 6.10 Å². The van der Waals surface area contributed by atoms with Crippen LogP contribution in [0.3, 0.4) is 0 Å². The average molecular weight is 217 g/mol. The molecule has 0 saturated heterocycles. The van der Waals surface area contributed by atoms with Gasteiger partial charge in [-0.3, -0.25) is 4.79 Å². The van der Waals surface area contributed by atoms with Crippen molar-refractivity contribution < 1.29 is 9.53 Å². The highest BCUT2D eigenvalue weighted by Crippen LogP contribution is 2.37. The van der Waals surface area contributed by atoms with Crippen LogP contribution in [0.4, 0.5) is 0 Å². The van der Waals surface area contributed by atoms with Crippen molar-refractivity contribution in [3.63, 3.8) is 0 Å². The van der Waals surface area contributed by atoms with Crippen LogP contribution < -0.4 is 4.74 Å². The summed E-state index contributed by atoms with van der Waals surface area (Å²) in [7, 11) is 0. The van der Waals surface area contributed by atoms with Crippen molar-refractivity contribution in [1.82, 2.24) is 0 Å². The molecule has 1 aliphatic heterocycles. The molecule has 1 unspecified atom stereocenters. The number of carbonyl (C=O) groups excluding carboxylic acids is 1. The summed E-state index contributed by atoms with van der Waals surface area (Å²) in [5.41, 5.74) is 0.477. The number of benzene rings is 1. The number of hydrogen-bond donors (Lipinski definition) is 0. The zero-order chi connectivity index (χ0) is 9.59. The third kappa shape index (κ3) is 1.30. The van der Waals surface area contributed by atoms with Crippen LogP contribution in [0, 0.1) is 0 Å².